The predicted molar refractivity (Wildman–Crippen MR) is 69.9 cm³/mol. The Labute approximate surface area is 109 Å². The summed E-state index contributed by atoms with van der Waals surface area (Å²) in [7, 11) is 1.65. The molecule has 0 atom stereocenters. The molecule has 6 heteroatoms. The van der Waals surface area contributed by atoms with Crippen LogP contribution >= 0.6 is 0 Å². The summed E-state index contributed by atoms with van der Waals surface area (Å²) in [6.45, 7) is 1.79. The van der Waals surface area contributed by atoms with Crippen molar-refractivity contribution in [1.29, 1.82) is 0 Å². The molecule has 0 aliphatic heterocycles. The van der Waals surface area contributed by atoms with E-state index in [2.05, 4.69) is 0 Å². The standard InChI is InChI=1S/C13H16N2O4/c1-9(16)19-8-4-7-15-12(17)10-5-3-6-11(10)14(2)13(15)18/h3,6H,4-5,7-8H2,1-2H3. The highest BCUT2D eigenvalue weighted by Gasteiger charge is 2.17. The maximum atomic E-state index is 12.2. The van der Waals surface area contributed by atoms with E-state index >= 15 is 0 Å². The first kappa shape index (κ1) is 13.3. The summed E-state index contributed by atoms with van der Waals surface area (Å²) in [5.41, 5.74) is 0.755. The molecule has 19 heavy (non-hydrogen) atoms. The molecule has 0 aromatic carbocycles. The van der Waals surface area contributed by atoms with Crippen LogP contribution in [0.15, 0.2) is 15.7 Å². The molecule has 6 nitrogen and oxygen atoms in total. The van der Waals surface area contributed by atoms with Crippen molar-refractivity contribution >= 4 is 12.0 Å². The van der Waals surface area contributed by atoms with Gasteiger partial charge in [0.25, 0.3) is 5.56 Å². The first-order valence-electron chi connectivity index (χ1n) is 6.15. The summed E-state index contributed by atoms with van der Waals surface area (Å²) in [4.78, 5) is 34.9. The van der Waals surface area contributed by atoms with Crippen LogP contribution in [0.4, 0.5) is 0 Å². The van der Waals surface area contributed by atoms with Crippen LogP contribution in [0.5, 0.6) is 0 Å². The fourth-order valence-electron chi connectivity index (χ4n) is 2.17. The van der Waals surface area contributed by atoms with Crippen molar-refractivity contribution in [1.82, 2.24) is 9.13 Å². The number of nitrogens with zero attached hydrogens (tertiary/aromatic N) is 2. The van der Waals surface area contributed by atoms with Crippen molar-refractivity contribution in [3.05, 3.63) is 38.2 Å². The van der Waals surface area contributed by atoms with Crippen molar-refractivity contribution in [3.63, 3.8) is 0 Å². The molecule has 0 spiro atoms. The molecular weight excluding hydrogens is 248 g/mol. The fraction of sp³-hybridized carbons (Fsp3) is 0.462. The third-order valence-electron chi connectivity index (χ3n) is 3.12. The minimum atomic E-state index is -0.363. The smallest absolute Gasteiger partial charge is 0.331 e. The van der Waals surface area contributed by atoms with Gasteiger partial charge >= 0.3 is 11.7 Å². The van der Waals surface area contributed by atoms with E-state index in [0.717, 1.165) is 0 Å². The summed E-state index contributed by atoms with van der Waals surface area (Å²) < 4.78 is 7.47. The Hall–Kier alpha value is -2.11. The van der Waals surface area contributed by atoms with Crippen molar-refractivity contribution in [2.24, 2.45) is 7.05 Å². The zero-order chi connectivity index (χ0) is 14.0. The first-order chi connectivity index (χ1) is 9.02. The predicted octanol–water partition coefficient (Wildman–Crippen LogP) is 0.0695. The van der Waals surface area contributed by atoms with Gasteiger partial charge in [-0.2, -0.15) is 0 Å². The minimum Gasteiger partial charge on any atom is -0.466 e. The number of allylic oxidation sites excluding steroid dienone is 1. The molecule has 1 aliphatic carbocycles. The molecule has 1 aliphatic rings. The third kappa shape index (κ3) is 2.52. The lowest BCUT2D eigenvalue weighted by atomic mass is 10.2. The SMILES string of the molecule is CC(=O)OCCCn1c(=O)c2c(n(C)c1=O)C=CC2. The fourth-order valence-corrected chi connectivity index (χ4v) is 2.17. The second-order valence-corrected chi connectivity index (χ2v) is 4.46. The van der Waals surface area contributed by atoms with Crippen molar-refractivity contribution in [3.8, 4) is 0 Å². The van der Waals surface area contributed by atoms with Gasteiger partial charge in [-0.3, -0.25) is 18.7 Å². The van der Waals surface area contributed by atoms with Crippen molar-refractivity contribution in [2.45, 2.75) is 26.3 Å². The molecule has 1 heterocycles. The van der Waals surface area contributed by atoms with Crippen LogP contribution in [0.3, 0.4) is 0 Å². The van der Waals surface area contributed by atoms with Gasteiger partial charge < -0.3 is 4.74 Å². The Morgan fingerprint density at radius 1 is 1.42 bits per heavy atom. The zero-order valence-electron chi connectivity index (χ0n) is 11.0. The number of hydrogen-bond donors (Lipinski definition) is 0. The number of fused-ring (bicyclic) bond motifs is 1. The maximum absolute atomic E-state index is 12.2. The molecule has 102 valence electrons. The van der Waals surface area contributed by atoms with Crippen LogP contribution in [0.2, 0.25) is 0 Å². The van der Waals surface area contributed by atoms with E-state index in [-0.39, 0.29) is 30.4 Å². The summed E-state index contributed by atoms with van der Waals surface area (Å²) in [6.07, 6.45) is 4.67. The molecule has 0 radical (unpaired) electrons. The number of ether oxygens (including phenoxy) is 1. The van der Waals surface area contributed by atoms with Gasteiger partial charge in [0.15, 0.2) is 0 Å². The summed E-state index contributed by atoms with van der Waals surface area (Å²) >= 11 is 0. The molecule has 0 fully saturated rings. The molecular formula is C13H16N2O4. The molecule has 1 aromatic heterocycles. The highest BCUT2D eigenvalue weighted by molar-refractivity contribution is 5.65. The van der Waals surface area contributed by atoms with Gasteiger partial charge in [0.1, 0.15) is 0 Å². The number of carbonyl (C=O) groups is 1. The topological polar surface area (TPSA) is 70.3 Å². The normalized spacial score (nSPS) is 12.5. The Bertz CT molecular complexity index is 652. The van der Waals surface area contributed by atoms with Gasteiger partial charge in [0.2, 0.25) is 0 Å². The van der Waals surface area contributed by atoms with E-state index in [1.165, 1.54) is 16.1 Å². The van der Waals surface area contributed by atoms with Gasteiger partial charge in [-0.25, -0.2) is 4.79 Å². The van der Waals surface area contributed by atoms with E-state index in [1.807, 2.05) is 6.08 Å². The highest BCUT2D eigenvalue weighted by atomic mass is 16.5. The van der Waals surface area contributed by atoms with Gasteiger partial charge in [0.05, 0.1) is 12.3 Å². The average molecular weight is 264 g/mol. The second kappa shape index (κ2) is 5.26. The number of rotatable bonds is 4. The summed E-state index contributed by atoms with van der Waals surface area (Å²) in [5.74, 6) is -0.363. The summed E-state index contributed by atoms with van der Waals surface area (Å²) in [6, 6.07) is 0. The van der Waals surface area contributed by atoms with E-state index < -0.39 is 0 Å². The number of esters is 1. The number of carbonyl (C=O) groups excluding carboxylic acids is 1. The van der Waals surface area contributed by atoms with Crippen LogP contribution in [0, 0.1) is 0 Å². The van der Waals surface area contributed by atoms with E-state index in [4.69, 9.17) is 4.74 Å². The average Bonchev–Trinajstić information content (AvgIpc) is 2.84. The van der Waals surface area contributed by atoms with Gasteiger partial charge in [-0.15, -0.1) is 0 Å². The Morgan fingerprint density at radius 2 is 2.16 bits per heavy atom. The molecule has 0 bridgehead atoms. The largest absolute Gasteiger partial charge is 0.466 e. The molecule has 0 N–H and O–H groups in total. The van der Waals surface area contributed by atoms with Crippen LogP contribution < -0.4 is 11.2 Å². The lowest BCUT2D eigenvalue weighted by Crippen LogP contribution is -2.41. The van der Waals surface area contributed by atoms with E-state index in [1.54, 1.807) is 13.1 Å². The van der Waals surface area contributed by atoms with Crippen molar-refractivity contribution < 1.29 is 9.53 Å². The Kier molecular flexibility index (Phi) is 3.69. The lowest BCUT2D eigenvalue weighted by Gasteiger charge is -2.11. The maximum Gasteiger partial charge on any atom is 0.331 e. The van der Waals surface area contributed by atoms with Gasteiger partial charge in [-0.1, -0.05) is 6.08 Å². The third-order valence-corrected chi connectivity index (χ3v) is 3.12. The van der Waals surface area contributed by atoms with Gasteiger partial charge in [0, 0.05) is 26.1 Å². The number of aromatic nitrogens is 2. The molecule has 0 amide bonds. The van der Waals surface area contributed by atoms with Gasteiger partial charge in [-0.05, 0) is 18.9 Å². The van der Waals surface area contributed by atoms with Crippen molar-refractivity contribution in [2.75, 3.05) is 6.61 Å². The molecule has 0 saturated carbocycles. The Morgan fingerprint density at radius 3 is 2.84 bits per heavy atom. The Balaban J connectivity index is 2.23. The van der Waals surface area contributed by atoms with Crippen LogP contribution in [0.1, 0.15) is 24.6 Å². The molecule has 0 unspecified atom stereocenters. The molecule has 2 rings (SSSR count). The van der Waals surface area contributed by atoms with Crippen LogP contribution in [-0.2, 0) is 29.5 Å². The first-order valence-corrected chi connectivity index (χ1v) is 6.15. The second-order valence-electron chi connectivity index (χ2n) is 4.46. The molecule has 0 saturated heterocycles. The minimum absolute atomic E-state index is 0.209. The van der Waals surface area contributed by atoms with E-state index in [9.17, 15) is 14.4 Å². The van der Waals surface area contributed by atoms with Crippen LogP contribution in [-0.4, -0.2) is 21.7 Å². The quantitative estimate of drug-likeness (QED) is 0.570. The highest BCUT2D eigenvalue weighted by Crippen LogP contribution is 2.12. The summed E-state index contributed by atoms with van der Waals surface area (Å²) in [5, 5.41) is 0. The van der Waals surface area contributed by atoms with Crippen LogP contribution in [0.25, 0.3) is 6.08 Å². The van der Waals surface area contributed by atoms with E-state index in [0.29, 0.717) is 24.1 Å². The zero-order valence-corrected chi connectivity index (χ0v) is 11.0. The number of hydrogen-bond acceptors (Lipinski definition) is 4. The molecule has 1 aromatic rings. The lowest BCUT2D eigenvalue weighted by molar-refractivity contribution is -0.141. The monoisotopic (exact) mass is 264 g/mol.